The monoisotopic (exact) mass is 364 g/mol. The van der Waals surface area contributed by atoms with Gasteiger partial charge in [0.2, 0.25) is 10.0 Å². The molecular weight excluding hydrogens is 336 g/mol. The van der Waals surface area contributed by atoms with Gasteiger partial charge < -0.3 is 4.90 Å². The van der Waals surface area contributed by atoms with E-state index in [2.05, 4.69) is 11.8 Å². The molecule has 1 aliphatic rings. The summed E-state index contributed by atoms with van der Waals surface area (Å²) in [5.41, 5.74) is 0.365. The molecule has 2 rings (SSSR count). The highest BCUT2D eigenvalue weighted by molar-refractivity contribution is 7.89. The highest BCUT2D eigenvalue weighted by Gasteiger charge is 2.31. The molecular formula is C18H28N4O2S. The molecule has 6 nitrogen and oxygen atoms in total. The van der Waals surface area contributed by atoms with E-state index in [0.717, 1.165) is 25.9 Å². The van der Waals surface area contributed by atoms with Crippen LogP contribution in [0.25, 0.3) is 0 Å². The molecule has 0 aliphatic carbocycles. The summed E-state index contributed by atoms with van der Waals surface area (Å²) in [7, 11) is 0.259. The lowest BCUT2D eigenvalue weighted by atomic mass is 10.2. The maximum atomic E-state index is 13.2. The molecule has 1 aromatic carbocycles. The van der Waals surface area contributed by atoms with E-state index >= 15 is 0 Å². The van der Waals surface area contributed by atoms with Gasteiger partial charge in [-0.25, -0.2) is 8.42 Å². The second-order valence-corrected chi connectivity index (χ2v) is 8.67. The molecule has 1 aliphatic heterocycles. The maximum Gasteiger partial charge on any atom is 0.243 e. The van der Waals surface area contributed by atoms with Crippen molar-refractivity contribution in [3.8, 4) is 6.07 Å². The molecule has 0 spiro atoms. The Morgan fingerprint density at radius 3 is 2.72 bits per heavy atom. The second-order valence-electron chi connectivity index (χ2n) is 6.73. The molecule has 1 heterocycles. The van der Waals surface area contributed by atoms with Gasteiger partial charge in [-0.15, -0.1) is 0 Å². The van der Waals surface area contributed by atoms with Crippen LogP contribution in [-0.2, 0) is 10.0 Å². The first-order valence-corrected chi connectivity index (χ1v) is 10.2. The van der Waals surface area contributed by atoms with Gasteiger partial charge in [0.25, 0.3) is 0 Å². The summed E-state index contributed by atoms with van der Waals surface area (Å²) in [5, 5.41) is 9.07. The van der Waals surface area contributed by atoms with Crippen LogP contribution in [0.4, 0.5) is 0 Å². The molecule has 0 amide bonds. The molecule has 7 heteroatoms. The Kier molecular flexibility index (Phi) is 6.96. The van der Waals surface area contributed by atoms with Crippen LogP contribution in [-0.4, -0.2) is 75.4 Å². The van der Waals surface area contributed by atoms with Crippen LogP contribution in [0.5, 0.6) is 0 Å². The molecule has 1 aromatic rings. The maximum absolute atomic E-state index is 13.2. The molecule has 0 N–H and O–H groups in total. The van der Waals surface area contributed by atoms with Gasteiger partial charge in [0, 0.05) is 25.7 Å². The first-order chi connectivity index (χ1) is 11.9. The lowest BCUT2D eigenvalue weighted by molar-refractivity contribution is 0.220. The van der Waals surface area contributed by atoms with Crippen molar-refractivity contribution in [2.75, 3.05) is 46.8 Å². The van der Waals surface area contributed by atoms with Crippen LogP contribution >= 0.6 is 0 Å². The fourth-order valence-corrected chi connectivity index (χ4v) is 4.76. The molecule has 1 fully saturated rings. The average Bonchev–Trinajstić information content (AvgIpc) is 3.05. The Morgan fingerprint density at radius 1 is 1.32 bits per heavy atom. The Bertz CT molecular complexity index is 712. The molecule has 0 saturated carbocycles. The predicted molar refractivity (Wildman–Crippen MR) is 98.7 cm³/mol. The Morgan fingerprint density at radius 2 is 2.08 bits per heavy atom. The van der Waals surface area contributed by atoms with Gasteiger partial charge in [-0.3, -0.25) is 4.90 Å². The second kappa shape index (κ2) is 8.77. The van der Waals surface area contributed by atoms with Gasteiger partial charge in [0.05, 0.1) is 16.5 Å². The van der Waals surface area contributed by atoms with Crippen LogP contribution < -0.4 is 0 Å². The number of likely N-dealkylation sites (tertiary alicyclic amines) is 1. The van der Waals surface area contributed by atoms with E-state index in [4.69, 9.17) is 5.26 Å². The Labute approximate surface area is 151 Å². The SMILES string of the molecule is CCN1CCC[C@@H]1CN(CCN(C)C)S(=O)(=O)c1cccc(C#N)c1. The van der Waals surface area contributed by atoms with E-state index in [0.29, 0.717) is 25.2 Å². The van der Waals surface area contributed by atoms with Crippen molar-refractivity contribution in [3.05, 3.63) is 29.8 Å². The predicted octanol–water partition coefficient (Wildman–Crippen LogP) is 1.59. The van der Waals surface area contributed by atoms with Gasteiger partial charge in [-0.2, -0.15) is 9.57 Å². The largest absolute Gasteiger partial charge is 0.308 e. The summed E-state index contributed by atoms with van der Waals surface area (Å²) in [6.45, 7) is 5.70. The zero-order valence-electron chi connectivity index (χ0n) is 15.4. The van der Waals surface area contributed by atoms with Crippen molar-refractivity contribution in [2.45, 2.75) is 30.7 Å². The zero-order chi connectivity index (χ0) is 18.4. The molecule has 0 unspecified atom stereocenters. The number of nitriles is 1. The van der Waals surface area contributed by atoms with Crippen LogP contribution in [0, 0.1) is 11.3 Å². The number of nitrogens with zero attached hydrogens (tertiary/aromatic N) is 4. The minimum atomic E-state index is -3.62. The van der Waals surface area contributed by atoms with Crippen molar-refractivity contribution in [2.24, 2.45) is 0 Å². The van der Waals surface area contributed by atoms with Gasteiger partial charge in [0.1, 0.15) is 0 Å². The zero-order valence-corrected chi connectivity index (χ0v) is 16.2. The van der Waals surface area contributed by atoms with E-state index in [1.807, 2.05) is 25.1 Å². The summed E-state index contributed by atoms with van der Waals surface area (Å²) in [5.74, 6) is 0. The van der Waals surface area contributed by atoms with Crippen LogP contribution in [0.2, 0.25) is 0 Å². The Hall–Kier alpha value is -1.46. The quantitative estimate of drug-likeness (QED) is 0.701. The molecule has 0 radical (unpaired) electrons. The first-order valence-electron chi connectivity index (χ1n) is 8.77. The topological polar surface area (TPSA) is 67.7 Å². The normalized spacial score (nSPS) is 18.8. The van der Waals surface area contributed by atoms with Gasteiger partial charge in [-0.1, -0.05) is 13.0 Å². The minimum Gasteiger partial charge on any atom is -0.308 e. The summed E-state index contributed by atoms with van der Waals surface area (Å²) in [6.07, 6.45) is 2.14. The van der Waals surface area contributed by atoms with Crippen molar-refractivity contribution in [3.63, 3.8) is 0 Å². The lowest BCUT2D eigenvalue weighted by Crippen LogP contribution is -2.45. The standard InChI is InChI=1S/C18H28N4O2S/c1-4-21-10-6-8-17(21)15-22(12-11-20(2)3)25(23,24)18-9-5-7-16(13-18)14-19/h5,7,9,13,17H,4,6,8,10-12,15H2,1-3H3/t17-/m1/s1. The minimum absolute atomic E-state index is 0.200. The Balaban J connectivity index is 2.27. The van der Waals surface area contributed by atoms with Crippen molar-refractivity contribution >= 4 is 10.0 Å². The molecule has 0 bridgehead atoms. The van der Waals surface area contributed by atoms with Crippen molar-refractivity contribution in [1.29, 1.82) is 5.26 Å². The summed E-state index contributed by atoms with van der Waals surface area (Å²) < 4.78 is 27.9. The third-order valence-electron chi connectivity index (χ3n) is 4.72. The van der Waals surface area contributed by atoms with Crippen molar-refractivity contribution < 1.29 is 8.42 Å². The number of benzene rings is 1. The lowest BCUT2D eigenvalue weighted by Gasteiger charge is -2.30. The number of hydrogen-bond acceptors (Lipinski definition) is 5. The van der Waals surface area contributed by atoms with Gasteiger partial charge >= 0.3 is 0 Å². The smallest absolute Gasteiger partial charge is 0.243 e. The van der Waals surface area contributed by atoms with E-state index in [1.54, 1.807) is 22.5 Å². The van der Waals surface area contributed by atoms with E-state index in [1.165, 1.54) is 6.07 Å². The molecule has 1 atom stereocenters. The average molecular weight is 365 g/mol. The third kappa shape index (κ3) is 5.02. The number of likely N-dealkylation sites (N-methyl/N-ethyl adjacent to an activating group) is 2. The third-order valence-corrected chi connectivity index (χ3v) is 6.58. The fourth-order valence-electron chi connectivity index (χ4n) is 3.25. The summed E-state index contributed by atoms with van der Waals surface area (Å²) >= 11 is 0. The van der Waals surface area contributed by atoms with Gasteiger partial charge in [-0.05, 0) is 58.2 Å². The van der Waals surface area contributed by atoms with Gasteiger partial charge in [0.15, 0.2) is 0 Å². The van der Waals surface area contributed by atoms with Crippen LogP contribution in [0.15, 0.2) is 29.2 Å². The summed E-state index contributed by atoms with van der Waals surface area (Å²) in [4.78, 5) is 4.54. The number of rotatable bonds is 8. The fraction of sp³-hybridized carbons (Fsp3) is 0.611. The van der Waals surface area contributed by atoms with E-state index in [9.17, 15) is 8.42 Å². The van der Waals surface area contributed by atoms with Crippen LogP contribution in [0.1, 0.15) is 25.3 Å². The highest BCUT2D eigenvalue weighted by Crippen LogP contribution is 2.22. The molecule has 1 saturated heterocycles. The van der Waals surface area contributed by atoms with E-state index in [-0.39, 0.29) is 10.9 Å². The molecule has 25 heavy (non-hydrogen) atoms. The first kappa shape index (κ1) is 19.9. The van der Waals surface area contributed by atoms with Crippen LogP contribution in [0.3, 0.4) is 0 Å². The summed E-state index contributed by atoms with van der Waals surface area (Å²) in [6, 6.07) is 8.57. The van der Waals surface area contributed by atoms with Crippen molar-refractivity contribution in [1.82, 2.24) is 14.1 Å². The van der Waals surface area contributed by atoms with E-state index < -0.39 is 10.0 Å². The molecule has 138 valence electrons. The number of sulfonamides is 1. The highest BCUT2D eigenvalue weighted by atomic mass is 32.2. The number of hydrogen-bond donors (Lipinski definition) is 0. The molecule has 0 aromatic heterocycles.